The fraction of sp³-hybridized carbons (Fsp3) is 0.929. The maximum atomic E-state index is 5.53. The molecule has 3 N–H and O–H groups in total. The zero-order valence-corrected chi connectivity index (χ0v) is 11.8. The standard InChI is InChI=1S/C14H31N3/c1-3-4-5-6-7-8-9-10-11-12-13-17-14(15)16-2/h3-13H2,1-2H3,(H3,15,16,17). The highest BCUT2D eigenvalue weighted by molar-refractivity contribution is 5.77. The zero-order chi connectivity index (χ0) is 12.8. The number of unbranched alkanes of at least 4 members (excludes halogenated alkanes) is 9. The van der Waals surface area contributed by atoms with E-state index in [4.69, 9.17) is 5.73 Å². The Bertz CT molecular complexity index is 178. The topological polar surface area (TPSA) is 50.4 Å². The van der Waals surface area contributed by atoms with Crippen LogP contribution < -0.4 is 11.1 Å². The van der Waals surface area contributed by atoms with Crippen molar-refractivity contribution >= 4 is 5.96 Å². The van der Waals surface area contributed by atoms with Gasteiger partial charge in [0.05, 0.1) is 0 Å². The van der Waals surface area contributed by atoms with E-state index < -0.39 is 0 Å². The first-order valence-electron chi connectivity index (χ1n) is 7.27. The fourth-order valence-electron chi connectivity index (χ4n) is 1.91. The second-order valence-corrected chi connectivity index (χ2v) is 4.72. The molecule has 0 amide bonds. The van der Waals surface area contributed by atoms with Crippen molar-refractivity contribution in [1.82, 2.24) is 5.32 Å². The molecule has 0 heterocycles. The van der Waals surface area contributed by atoms with E-state index in [1.165, 1.54) is 64.2 Å². The second kappa shape index (κ2) is 13.3. The highest BCUT2D eigenvalue weighted by atomic mass is 15.1. The van der Waals surface area contributed by atoms with Crippen molar-refractivity contribution in [2.45, 2.75) is 71.1 Å². The smallest absolute Gasteiger partial charge is 0.188 e. The molecule has 0 radical (unpaired) electrons. The van der Waals surface area contributed by atoms with E-state index in [1.807, 2.05) is 0 Å². The number of rotatable bonds is 11. The van der Waals surface area contributed by atoms with Gasteiger partial charge in [-0.2, -0.15) is 0 Å². The van der Waals surface area contributed by atoms with E-state index in [2.05, 4.69) is 17.2 Å². The molecule has 17 heavy (non-hydrogen) atoms. The van der Waals surface area contributed by atoms with E-state index in [0.717, 1.165) is 6.54 Å². The summed E-state index contributed by atoms with van der Waals surface area (Å²) in [6.07, 6.45) is 13.7. The maximum Gasteiger partial charge on any atom is 0.188 e. The summed E-state index contributed by atoms with van der Waals surface area (Å²) in [6, 6.07) is 0. The van der Waals surface area contributed by atoms with Crippen molar-refractivity contribution in [2.24, 2.45) is 10.7 Å². The first-order chi connectivity index (χ1) is 8.31. The van der Waals surface area contributed by atoms with Crippen LogP contribution >= 0.6 is 0 Å². The van der Waals surface area contributed by atoms with Crippen molar-refractivity contribution < 1.29 is 0 Å². The lowest BCUT2D eigenvalue weighted by Crippen LogP contribution is -2.31. The molecule has 0 bridgehead atoms. The van der Waals surface area contributed by atoms with Gasteiger partial charge in [0, 0.05) is 13.6 Å². The van der Waals surface area contributed by atoms with Crippen LogP contribution in [0.25, 0.3) is 0 Å². The lowest BCUT2D eigenvalue weighted by molar-refractivity contribution is 0.554. The Kier molecular flexibility index (Phi) is 12.8. The largest absolute Gasteiger partial charge is 0.370 e. The minimum atomic E-state index is 0.556. The normalized spacial score (nSPS) is 11.8. The van der Waals surface area contributed by atoms with Crippen LogP contribution in [0.3, 0.4) is 0 Å². The van der Waals surface area contributed by atoms with Gasteiger partial charge in [-0.3, -0.25) is 4.99 Å². The van der Waals surface area contributed by atoms with Gasteiger partial charge in [-0.25, -0.2) is 0 Å². The van der Waals surface area contributed by atoms with Crippen molar-refractivity contribution in [3.8, 4) is 0 Å². The number of hydrogen-bond acceptors (Lipinski definition) is 1. The highest BCUT2D eigenvalue weighted by Gasteiger charge is 1.93. The van der Waals surface area contributed by atoms with Gasteiger partial charge in [0.15, 0.2) is 5.96 Å². The molecule has 0 aromatic carbocycles. The highest BCUT2D eigenvalue weighted by Crippen LogP contribution is 2.10. The molecule has 0 spiro atoms. The summed E-state index contributed by atoms with van der Waals surface area (Å²) in [6.45, 7) is 3.23. The van der Waals surface area contributed by atoms with Crippen molar-refractivity contribution in [3.63, 3.8) is 0 Å². The van der Waals surface area contributed by atoms with Crippen molar-refractivity contribution in [2.75, 3.05) is 13.6 Å². The molecule has 0 aliphatic rings. The number of nitrogens with two attached hydrogens (primary N) is 1. The number of aliphatic imine (C=N–C) groups is 1. The Labute approximate surface area is 107 Å². The van der Waals surface area contributed by atoms with Gasteiger partial charge in [0.25, 0.3) is 0 Å². The summed E-state index contributed by atoms with van der Waals surface area (Å²) >= 11 is 0. The molecular weight excluding hydrogens is 210 g/mol. The molecule has 3 heteroatoms. The first kappa shape index (κ1) is 16.3. The van der Waals surface area contributed by atoms with Gasteiger partial charge in [0.1, 0.15) is 0 Å². The minimum Gasteiger partial charge on any atom is -0.370 e. The molecule has 0 rings (SSSR count). The summed E-state index contributed by atoms with van der Waals surface area (Å²) in [5, 5.41) is 3.09. The molecular formula is C14H31N3. The monoisotopic (exact) mass is 241 g/mol. The summed E-state index contributed by atoms with van der Waals surface area (Å²) in [7, 11) is 1.71. The second-order valence-electron chi connectivity index (χ2n) is 4.72. The third-order valence-electron chi connectivity index (χ3n) is 3.08. The summed E-state index contributed by atoms with van der Waals surface area (Å²) < 4.78 is 0. The van der Waals surface area contributed by atoms with Crippen LogP contribution in [-0.2, 0) is 0 Å². The van der Waals surface area contributed by atoms with Gasteiger partial charge in [-0.15, -0.1) is 0 Å². The van der Waals surface area contributed by atoms with E-state index in [1.54, 1.807) is 7.05 Å². The molecule has 0 atom stereocenters. The molecule has 0 fully saturated rings. The van der Waals surface area contributed by atoms with Crippen LogP contribution in [0.2, 0.25) is 0 Å². The molecule has 0 aliphatic heterocycles. The predicted molar refractivity (Wildman–Crippen MR) is 77.4 cm³/mol. The summed E-state index contributed by atoms with van der Waals surface area (Å²) in [5.41, 5.74) is 5.53. The van der Waals surface area contributed by atoms with Crippen LogP contribution in [0, 0.1) is 0 Å². The summed E-state index contributed by atoms with van der Waals surface area (Å²) in [4.78, 5) is 3.85. The van der Waals surface area contributed by atoms with Gasteiger partial charge in [-0.05, 0) is 6.42 Å². The lowest BCUT2D eigenvalue weighted by atomic mass is 10.1. The average Bonchev–Trinajstić information content (AvgIpc) is 2.35. The van der Waals surface area contributed by atoms with Gasteiger partial charge in [0.2, 0.25) is 0 Å². The summed E-state index contributed by atoms with van der Waals surface area (Å²) in [5.74, 6) is 0.556. The molecule has 0 aromatic heterocycles. The van der Waals surface area contributed by atoms with Crippen LogP contribution in [0.5, 0.6) is 0 Å². The molecule has 3 nitrogen and oxygen atoms in total. The number of nitrogens with one attached hydrogen (secondary N) is 1. The van der Waals surface area contributed by atoms with Crippen LogP contribution in [-0.4, -0.2) is 19.6 Å². The van der Waals surface area contributed by atoms with Gasteiger partial charge < -0.3 is 11.1 Å². The fourth-order valence-corrected chi connectivity index (χ4v) is 1.91. The number of nitrogens with zero attached hydrogens (tertiary/aromatic N) is 1. The Morgan fingerprint density at radius 3 is 1.82 bits per heavy atom. The van der Waals surface area contributed by atoms with Crippen molar-refractivity contribution in [1.29, 1.82) is 0 Å². The van der Waals surface area contributed by atoms with E-state index in [0.29, 0.717) is 5.96 Å². The SMILES string of the molecule is CCCCCCCCCCCCNC(N)=NC. The minimum absolute atomic E-state index is 0.556. The Hall–Kier alpha value is -0.730. The lowest BCUT2D eigenvalue weighted by Gasteiger charge is -2.04. The average molecular weight is 241 g/mol. The molecule has 102 valence electrons. The third kappa shape index (κ3) is 13.2. The first-order valence-corrected chi connectivity index (χ1v) is 7.27. The quantitative estimate of drug-likeness (QED) is 0.331. The number of hydrogen-bond donors (Lipinski definition) is 2. The Morgan fingerprint density at radius 1 is 0.882 bits per heavy atom. The van der Waals surface area contributed by atoms with E-state index in [9.17, 15) is 0 Å². The van der Waals surface area contributed by atoms with Crippen LogP contribution in [0.15, 0.2) is 4.99 Å². The van der Waals surface area contributed by atoms with Crippen LogP contribution in [0.4, 0.5) is 0 Å². The molecule has 0 aromatic rings. The van der Waals surface area contributed by atoms with E-state index >= 15 is 0 Å². The Balaban J connectivity index is 2.99. The van der Waals surface area contributed by atoms with Gasteiger partial charge in [-0.1, -0.05) is 64.7 Å². The van der Waals surface area contributed by atoms with Crippen LogP contribution in [0.1, 0.15) is 71.1 Å². The molecule has 0 aliphatic carbocycles. The maximum absolute atomic E-state index is 5.53. The third-order valence-corrected chi connectivity index (χ3v) is 3.08. The number of guanidine groups is 1. The Morgan fingerprint density at radius 2 is 1.35 bits per heavy atom. The van der Waals surface area contributed by atoms with E-state index in [-0.39, 0.29) is 0 Å². The molecule has 0 unspecified atom stereocenters. The molecule has 0 saturated heterocycles. The van der Waals surface area contributed by atoms with Gasteiger partial charge >= 0.3 is 0 Å². The molecule has 0 saturated carbocycles. The zero-order valence-electron chi connectivity index (χ0n) is 11.8. The predicted octanol–water partition coefficient (Wildman–Crippen LogP) is 3.44. The van der Waals surface area contributed by atoms with Crippen molar-refractivity contribution in [3.05, 3.63) is 0 Å².